The summed E-state index contributed by atoms with van der Waals surface area (Å²) < 4.78 is 25.9. The van der Waals surface area contributed by atoms with Gasteiger partial charge in [-0.05, 0) is 36.4 Å². The first-order chi connectivity index (χ1) is 7.70. The molecular formula is C12H8ClF2N. The highest BCUT2D eigenvalue weighted by atomic mass is 35.5. The van der Waals surface area contributed by atoms with Crippen LogP contribution in [0.5, 0.6) is 0 Å². The molecule has 0 aliphatic heterocycles. The topological polar surface area (TPSA) is 12.9 Å². The molecule has 1 aromatic heterocycles. The van der Waals surface area contributed by atoms with Crippen LogP contribution in [0.3, 0.4) is 0 Å². The van der Waals surface area contributed by atoms with Gasteiger partial charge >= 0.3 is 0 Å². The zero-order chi connectivity index (χ0) is 11.5. The summed E-state index contributed by atoms with van der Waals surface area (Å²) in [6.07, 6.45) is 0. The van der Waals surface area contributed by atoms with E-state index in [9.17, 15) is 8.78 Å². The second-order valence-electron chi connectivity index (χ2n) is 3.27. The third-order valence-electron chi connectivity index (χ3n) is 2.19. The molecule has 2 rings (SSSR count). The predicted octanol–water partition coefficient (Wildman–Crippen LogP) is 3.77. The molecule has 0 fully saturated rings. The SMILES string of the molecule is Fc1ccc(-c2ccc(F)c(CCl)n2)cc1. The number of rotatable bonds is 2. The van der Waals surface area contributed by atoms with E-state index in [-0.39, 0.29) is 17.4 Å². The summed E-state index contributed by atoms with van der Waals surface area (Å²) in [5.41, 5.74) is 1.51. The standard InChI is InChI=1S/C12H8ClF2N/c13-7-12-10(15)5-6-11(16-12)8-1-3-9(14)4-2-8/h1-6H,7H2. The molecule has 0 amide bonds. The zero-order valence-electron chi connectivity index (χ0n) is 8.25. The van der Waals surface area contributed by atoms with E-state index in [1.54, 1.807) is 18.2 Å². The first-order valence-electron chi connectivity index (χ1n) is 4.68. The van der Waals surface area contributed by atoms with E-state index in [2.05, 4.69) is 4.98 Å². The van der Waals surface area contributed by atoms with Gasteiger partial charge in [0.05, 0.1) is 17.3 Å². The molecule has 16 heavy (non-hydrogen) atoms. The van der Waals surface area contributed by atoms with Crippen LogP contribution in [-0.2, 0) is 5.88 Å². The van der Waals surface area contributed by atoms with Crippen LogP contribution in [0.1, 0.15) is 5.69 Å². The molecule has 1 nitrogen and oxygen atoms in total. The average Bonchev–Trinajstić information content (AvgIpc) is 2.31. The third kappa shape index (κ3) is 2.19. The average molecular weight is 240 g/mol. The van der Waals surface area contributed by atoms with E-state index in [0.717, 1.165) is 5.56 Å². The molecule has 0 unspecified atom stereocenters. The Labute approximate surface area is 96.7 Å². The number of alkyl halides is 1. The highest BCUT2D eigenvalue weighted by molar-refractivity contribution is 6.16. The molecule has 82 valence electrons. The van der Waals surface area contributed by atoms with Gasteiger partial charge in [0.25, 0.3) is 0 Å². The van der Waals surface area contributed by atoms with Crippen molar-refractivity contribution in [2.24, 2.45) is 0 Å². The molecule has 0 saturated heterocycles. The van der Waals surface area contributed by atoms with Gasteiger partial charge in [0.15, 0.2) is 0 Å². The Morgan fingerprint density at radius 2 is 1.69 bits per heavy atom. The monoisotopic (exact) mass is 239 g/mol. The molecule has 4 heteroatoms. The van der Waals surface area contributed by atoms with Gasteiger partial charge in [0.1, 0.15) is 11.6 Å². The van der Waals surface area contributed by atoms with E-state index in [1.165, 1.54) is 18.2 Å². The van der Waals surface area contributed by atoms with Crippen molar-refractivity contribution in [1.82, 2.24) is 4.98 Å². The quantitative estimate of drug-likeness (QED) is 0.727. The van der Waals surface area contributed by atoms with Gasteiger partial charge in [-0.1, -0.05) is 0 Å². The maximum absolute atomic E-state index is 13.1. The van der Waals surface area contributed by atoms with Crippen LogP contribution in [-0.4, -0.2) is 4.98 Å². The molecule has 0 N–H and O–H groups in total. The lowest BCUT2D eigenvalue weighted by atomic mass is 10.1. The van der Waals surface area contributed by atoms with Gasteiger partial charge in [0, 0.05) is 5.56 Å². The molecule has 1 heterocycles. The van der Waals surface area contributed by atoms with Crippen LogP contribution in [0.4, 0.5) is 8.78 Å². The highest BCUT2D eigenvalue weighted by Gasteiger charge is 2.06. The van der Waals surface area contributed by atoms with Crippen molar-refractivity contribution in [3.05, 3.63) is 53.7 Å². The smallest absolute Gasteiger partial charge is 0.145 e. The highest BCUT2D eigenvalue weighted by Crippen LogP contribution is 2.19. The van der Waals surface area contributed by atoms with E-state index in [1.807, 2.05) is 0 Å². The molecule has 0 radical (unpaired) electrons. The second-order valence-corrected chi connectivity index (χ2v) is 3.53. The molecule has 0 atom stereocenters. The Bertz CT molecular complexity index is 497. The second kappa shape index (κ2) is 4.58. The molecule has 0 saturated carbocycles. The van der Waals surface area contributed by atoms with Crippen molar-refractivity contribution in [2.75, 3.05) is 0 Å². The fourth-order valence-corrected chi connectivity index (χ4v) is 1.55. The molecule has 1 aromatic carbocycles. The number of benzene rings is 1. The Kier molecular flexibility index (Phi) is 3.15. The van der Waals surface area contributed by atoms with Crippen molar-refractivity contribution < 1.29 is 8.78 Å². The number of aromatic nitrogens is 1. The first-order valence-corrected chi connectivity index (χ1v) is 5.21. The van der Waals surface area contributed by atoms with Gasteiger partial charge in [-0.25, -0.2) is 13.8 Å². The Morgan fingerprint density at radius 1 is 1.00 bits per heavy atom. The zero-order valence-corrected chi connectivity index (χ0v) is 9.01. The summed E-state index contributed by atoms with van der Waals surface area (Å²) in [4.78, 5) is 4.06. The third-order valence-corrected chi connectivity index (χ3v) is 2.44. The lowest BCUT2D eigenvalue weighted by Crippen LogP contribution is -1.94. The van der Waals surface area contributed by atoms with Crippen molar-refractivity contribution in [1.29, 1.82) is 0 Å². The number of halogens is 3. The van der Waals surface area contributed by atoms with Crippen LogP contribution in [0.2, 0.25) is 0 Å². The fourth-order valence-electron chi connectivity index (χ4n) is 1.36. The van der Waals surface area contributed by atoms with Crippen LogP contribution < -0.4 is 0 Å². The summed E-state index contributed by atoms with van der Waals surface area (Å²) in [6, 6.07) is 8.70. The van der Waals surface area contributed by atoms with E-state index in [4.69, 9.17) is 11.6 Å². The summed E-state index contributed by atoms with van der Waals surface area (Å²) in [6.45, 7) is 0. The normalized spacial score (nSPS) is 10.4. The van der Waals surface area contributed by atoms with Crippen LogP contribution >= 0.6 is 11.6 Å². The van der Waals surface area contributed by atoms with Gasteiger partial charge in [-0.3, -0.25) is 0 Å². The Morgan fingerprint density at radius 3 is 2.31 bits per heavy atom. The predicted molar refractivity (Wildman–Crippen MR) is 59.1 cm³/mol. The summed E-state index contributed by atoms with van der Waals surface area (Å²) in [7, 11) is 0. The van der Waals surface area contributed by atoms with Crippen molar-refractivity contribution >= 4 is 11.6 Å². The minimum atomic E-state index is -0.430. The van der Waals surface area contributed by atoms with Crippen molar-refractivity contribution in [3.8, 4) is 11.3 Å². The number of nitrogens with zero attached hydrogens (tertiary/aromatic N) is 1. The summed E-state index contributed by atoms with van der Waals surface area (Å²) in [5.74, 6) is -0.731. The lowest BCUT2D eigenvalue weighted by molar-refractivity contribution is 0.608. The number of hydrogen-bond donors (Lipinski definition) is 0. The van der Waals surface area contributed by atoms with Gasteiger partial charge in [0.2, 0.25) is 0 Å². The van der Waals surface area contributed by atoms with E-state index >= 15 is 0 Å². The maximum atomic E-state index is 13.1. The minimum Gasteiger partial charge on any atom is -0.248 e. The van der Waals surface area contributed by atoms with Gasteiger partial charge in [-0.15, -0.1) is 11.6 Å². The largest absolute Gasteiger partial charge is 0.248 e. The van der Waals surface area contributed by atoms with Crippen LogP contribution in [0.15, 0.2) is 36.4 Å². The molecule has 0 aliphatic rings. The minimum absolute atomic E-state index is 0.0148. The van der Waals surface area contributed by atoms with Crippen LogP contribution in [0, 0.1) is 11.6 Å². The molecule has 2 aromatic rings. The fraction of sp³-hybridized carbons (Fsp3) is 0.0833. The van der Waals surface area contributed by atoms with Gasteiger partial charge < -0.3 is 0 Å². The molecular weight excluding hydrogens is 232 g/mol. The first kappa shape index (κ1) is 11.0. The van der Waals surface area contributed by atoms with Crippen molar-refractivity contribution in [3.63, 3.8) is 0 Å². The number of hydrogen-bond acceptors (Lipinski definition) is 1. The van der Waals surface area contributed by atoms with E-state index in [0.29, 0.717) is 5.69 Å². The number of pyridine rings is 1. The molecule has 0 bridgehead atoms. The summed E-state index contributed by atoms with van der Waals surface area (Å²) >= 11 is 5.55. The Hall–Kier alpha value is -1.48. The van der Waals surface area contributed by atoms with Crippen LogP contribution in [0.25, 0.3) is 11.3 Å². The Balaban J connectivity index is 2.44. The maximum Gasteiger partial charge on any atom is 0.145 e. The van der Waals surface area contributed by atoms with Crippen molar-refractivity contribution in [2.45, 2.75) is 5.88 Å². The van der Waals surface area contributed by atoms with Gasteiger partial charge in [-0.2, -0.15) is 0 Å². The molecule has 0 aliphatic carbocycles. The molecule has 0 spiro atoms. The summed E-state index contributed by atoms with van der Waals surface area (Å²) in [5, 5.41) is 0. The lowest BCUT2D eigenvalue weighted by Gasteiger charge is -2.03. The van der Waals surface area contributed by atoms with E-state index < -0.39 is 5.82 Å².